The van der Waals surface area contributed by atoms with Gasteiger partial charge in [-0.15, -0.1) is 0 Å². The number of rotatable bonds is 5. The van der Waals surface area contributed by atoms with E-state index in [-0.39, 0.29) is 19.1 Å². The average Bonchev–Trinajstić information content (AvgIpc) is 2.47. The number of carbonyl (C=O) groups is 1. The predicted octanol–water partition coefficient (Wildman–Crippen LogP) is 1.85. The van der Waals surface area contributed by atoms with E-state index in [0.717, 1.165) is 10.5 Å². The third-order valence-corrected chi connectivity index (χ3v) is 2.91. The van der Waals surface area contributed by atoms with Crippen molar-refractivity contribution in [2.24, 2.45) is 0 Å². The standard InChI is InChI=1S/C14H17N5O/c1-11(17-2)12-3-5-13(6-4-12)18-14(20)19(9-7-15)10-8-16/h3-6,11,17H,9-10H2,1-2H3,(H,18,20). The second-order valence-electron chi connectivity index (χ2n) is 4.23. The third-order valence-electron chi connectivity index (χ3n) is 2.91. The fraction of sp³-hybridized carbons (Fsp3) is 0.357. The molecule has 0 aromatic heterocycles. The van der Waals surface area contributed by atoms with Crippen molar-refractivity contribution in [1.82, 2.24) is 10.2 Å². The van der Waals surface area contributed by atoms with E-state index >= 15 is 0 Å². The number of nitrogens with one attached hydrogen (secondary N) is 2. The first-order valence-electron chi connectivity index (χ1n) is 6.19. The zero-order valence-electron chi connectivity index (χ0n) is 11.6. The van der Waals surface area contributed by atoms with Gasteiger partial charge < -0.3 is 10.6 Å². The minimum atomic E-state index is -0.456. The summed E-state index contributed by atoms with van der Waals surface area (Å²) in [6.45, 7) is 1.80. The molecule has 104 valence electrons. The number of hydrogen-bond donors (Lipinski definition) is 2. The summed E-state index contributed by atoms with van der Waals surface area (Å²) in [5.74, 6) is 0. The first kappa shape index (κ1) is 15.5. The summed E-state index contributed by atoms with van der Waals surface area (Å²) in [5.41, 5.74) is 1.74. The molecular weight excluding hydrogens is 254 g/mol. The Kier molecular flexibility index (Phi) is 6.02. The van der Waals surface area contributed by atoms with Gasteiger partial charge in [-0.1, -0.05) is 12.1 Å². The molecule has 0 heterocycles. The van der Waals surface area contributed by atoms with Gasteiger partial charge >= 0.3 is 6.03 Å². The SMILES string of the molecule is CNC(C)c1ccc(NC(=O)N(CC#N)CC#N)cc1. The number of urea groups is 1. The van der Waals surface area contributed by atoms with Crippen molar-refractivity contribution in [2.45, 2.75) is 13.0 Å². The Bertz CT molecular complexity index is 510. The largest absolute Gasteiger partial charge is 0.323 e. The fourth-order valence-corrected chi connectivity index (χ4v) is 1.59. The van der Waals surface area contributed by atoms with E-state index in [2.05, 4.69) is 10.6 Å². The van der Waals surface area contributed by atoms with Crippen LogP contribution in [-0.2, 0) is 0 Å². The van der Waals surface area contributed by atoms with Crippen LogP contribution in [0.5, 0.6) is 0 Å². The van der Waals surface area contributed by atoms with E-state index in [1.807, 2.05) is 38.2 Å². The van der Waals surface area contributed by atoms with Crippen molar-refractivity contribution in [1.29, 1.82) is 10.5 Å². The maximum Gasteiger partial charge on any atom is 0.323 e. The van der Waals surface area contributed by atoms with Crippen LogP contribution in [0.15, 0.2) is 24.3 Å². The molecule has 0 saturated carbocycles. The van der Waals surface area contributed by atoms with E-state index in [9.17, 15) is 4.79 Å². The van der Waals surface area contributed by atoms with Crippen LogP contribution in [0.1, 0.15) is 18.5 Å². The minimum Gasteiger partial charge on any atom is -0.313 e. The molecule has 2 amide bonds. The fourth-order valence-electron chi connectivity index (χ4n) is 1.59. The zero-order chi connectivity index (χ0) is 15.0. The molecule has 1 atom stereocenters. The maximum atomic E-state index is 11.9. The molecule has 20 heavy (non-hydrogen) atoms. The number of anilines is 1. The van der Waals surface area contributed by atoms with Crippen LogP contribution in [0.25, 0.3) is 0 Å². The average molecular weight is 271 g/mol. The van der Waals surface area contributed by atoms with E-state index in [1.54, 1.807) is 12.1 Å². The van der Waals surface area contributed by atoms with Crippen LogP contribution in [0.3, 0.4) is 0 Å². The van der Waals surface area contributed by atoms with E-state index in [0.29, 0.717) is 5.69 Å². The summed E-state index contributed by atoms with van der Waals surface area (Å²) in [6, 6.07) is 10.9. The molecule has 2 N–H and O–H groups in total. The first-order valence-corrected chi connectivity index (χ1v) is 6.19. The molecule has 1 aromatic carbocycles. The Labute approximate surface area is 118 Å². The lowest BCUT2D eigenvalue weighted by Gasteiger charge is -2.17. The van der Waals surface area contributed by atoms with Crippen molar-refractivity contribution in [2.75, 3.05) is 25.5 Å². The monoisotopic (exact) mass is 271 g/mol. The van der Waals surface area contributed by atoms with Gasteiger partial charge in [-0.25, -0.2) is 4.79 Å². The molecule has 0 saturated heterocycles. The molecule has 1 unspecified atom stereocenters. The number of nitrogens with zero attached hydrogens (tertiary/aromatic N) is 3. The lowest BCUT2D eigenvalue weighted by molar-refractivity contribution is 0.223. The summed E-state index contributed by atoms with van der Waals surface area (Å²) < 4.78 is 0. The van der Waals surface area contributed by atoms with Crippen molar-refractivity contribution in [3.8, 4) is 12.1 Å². The van der Waals surface area contributed by atoms with Gasteiger partial charge in [-0.3, -0.25) is 4.90 Å². The van der Waals surface area contributed by atoms with Gasteiger partial charge in [0.15, 0.2) is 0 Å². The molecule has 6 heteroatoms. The normalized spacial score (nSPS) is 11.0. The topological polar surface area (TPSA) is 91.9 Å². The van der Waals surface area contributed by atoms with Crippen molar-refractivity contribution >= 4 is 11.7 Å². The van der Waals surface area contributed by atoms with Crippen molar-refractivity contribution in [3.05, 3.63) is 29.8 Å². The minimum absolute atomic E-state index is 0.117. The Morgan fingerprint density at radius 2 is 1.80 bits per heavy atom. The molecule has 0 aliphatic carbocycles. The lowest BCUT2D eigenvalue weighted by atomic mass is 10.1. The Balaban J connectivity index is 2.71. The van der Waals surface area contributed by atoms with Gasteiger partial charge in [-0.05, 0) is 31.7 Å². The number of benzene rings is 1. The van der Waals surface area contributed by atoms with Gasteiger partial charge in [0.1, 0.15) is 13.1 Å². The lowest BCUT2D eigenvalue weighted by Crippen LogP contribution is -2.35. The molecule has 0 fully saturated rings. The van der Waals surface area contributed by atoms with Crippen LogP contribution in [0.4, 0.5) is 10.5 Å². The summed E-state index contributed by atoms with van der Waals surface area (Å²) in [7, 11) is 1.88. The Morgan fingerprint density at radius 1 is 1.25 bits per heavy atom. The van der Waals surface area contributed by atoms with Crippen molar-refractivity contribution < 1.29 is 4.79 Å². The van der Waals surface area contributed by atoms with Crippen LogP contribution in [-0.4, -0.2) is 31.1 Å². The molecule has 0 aliphatic heterocycles. The van der Waals surface area contributed by atoms with Crippen LogP contribution in [0, 0.1) is 22.7 Å². The highest BCUT2D eigenvalue weighted by atomic mass is 16.2. The maximum absolute atomic E-state index is 11.9. The number of nitriles is 2. The Morgan fingerprint density at radius 3 is 2.25 bits per heavy atom. The van der Waals surface area contributed by atoms with Crippen LogP contribution in [0.2, 0.25) is 0 Å². The number of carbonyl (C=O) groups excluding carboxylic acids is 1. The van der Waals surface area contributed by atoms with Crippen LogP contribution < -0.4 is 10.6 Å². The molecule has 0 radical (unpaired) electrons. The number of hydrogen-bond acceptors (Lipinski definition) is 4. The summed E-state index contributed by atoms with van der Waals surface area (Å²) in [4.78, 5) is 13.0. The van der Waals surface area contributed by atoms with Gasteiger partial charge in [0.05, 0.1) is 12.1 Å². The van der Waals surface area contributed by atoms with E-state index in [4.69, 9.17) is 10.5 Å². The summed E-state index contributed by atoms with van der Waals surface area (Å²) in [5, 5.41) is 23.0. The van der Waals surface area contributed by atoms with Gasteiger partial charge in [-0.2, -0.15) is 10.5 Å². The third kappa shape index (κ3) is 4.27. The first-order chi connectivity index (χ1) is 9.62. The zero-order valence-corrected chi connectivity index (χ0v) is 11.6. The van der Waals surface area contributed by atoms with Gasteiger partial charge in [0.2, 0.25) is 0 Å². The van der Waals surface area contributed by atoms with E-state index < -0.39 is 6.03 Å². The predicted molar refractivity (Wildman–Crippen MR) is 75.7 cm³/mol. The number of amides is 2. The second kappa shape index (κ2) is 7.78. The molecule has 0 bridgehead atoms. The van der Waals surface area contributed by atoms with Crippen molar-refractivity contribution in [3.63, 3.8) is 0 Å². The molecule has 1 aromatic rings. The highest BCUT2D eigenvalue weighted by Gasteiger charge is 2.12. The molecule has 0 aliphatic rings. The molecule has 0 spiro atoms. The summed E-state index contributed by atoms with van der Waals surface area (Å²) >= 11 is 0. The van der Waals surface area contributed by atoms with Gasteiger partial charge in [0, 0.05) is 11.7 Å². The summed E-state index contributed by atoms with van der Waals surface area (Å²) in [6.07, 6.45) is 0. The van der Waals surface area contributed by atoms with E-state index in [1.165, 1.54) is 0 Å². The highest BCUT2D eigenvalue weighted by Crippen LogP contribution is 2.15. The quantitative estimate of drug-likeness (QED) is 0.799. The van der Waals surface area contributed by atoms with Gasteiger partial charge in [0.25, 0.3) is 0 Å². The van der Waals surface area contributed by atoms with Crippen LogP contribution >= 0.6 is 0 Å². The molecule has 1 rings (SSSR count). The second-order valence-corrected chi connectivity index (χ2v) is 4.23. The molecular formula is C14H17N5O. The smallest absolute Gasteiger partial charge is 0.313 e. The highest BCUT2D eigenvalue weighted by molar-refractivity contribution is 5.89. The Hall–Kier alpha value is -2.57. The molecule has 6 nitrogen and oxygen atoms in total.